The van der Waals surface area contributed by atoms with Crippen molar-refractivity contribution in [3.05, 3.63) is 35.4 Å². The minimum atomic E-state index is 0.407. The molecule has 7 nitrogen and oxygen atoms in total. The van der Waals surface area contributed by atoms with Gasteiger partial charge in [-0.3, -0.25) is 14.4 Å². The lowest BCUT2D eigenvalue weighted by Crippen LogP contribution is -2.38. The SMILES string of the molecule is CN=C(NCc1cnn(C)c1)N(C)Cc1cn(C)nc1C(C)C. The third-order valence-electron chi connectivity index (χ3n) is 3.67. The van der Waals surface area contributed by atoms with E-state index in [1.165, 1.54) is 5.56 Å². The third kappa shape index (κ3) is 4.34. The maximum atomic E-state index is 4.56. The lowest BCUT2D eigenvalue weighted by atomic mass is 10.1. The van der Waals surface area contributed by atoms with E-state index < -0.39 is 0 Å². The van der Waals surface area contributed by atoms with E-state index in [1.807, 2.05) is 38.2 Å². The second-order valence-electron chi connectivity index (χ2n) is 6.15. The molecule has 2 rings (SSSR count). The fourth-order valence-electron chi connectivity index (χ4n) is 2.62. The zero-order chi connectivity index (χ0) is 17.0. The number of guanidine groups is 1. The molecular formula is C16H27N7. The van der Waals surface area contributed by atoms with Crippen LogP contribution < -0.4 is 5.32 Å². The largest absolute Gasteiger partial charge is 0.352 e. The van der Waals surface area contributed by atoms with E-state index in [4.69, 9.17) is 0 Å². The maximum Gasteiger partial charge on any atom is 0.193 e. The second kappa shape index (κ2) is 7.30. The van der Waals surface area contributed by atoms with Crippen LogP contribution >= 0.6 is 0 Å². The molecule has 2 heterocycles. The predicted octanol–water partition coefficient (Wildman–Crippen LogP) is 1.48. The van der Waals surface area contributed by atoms with Crippen LogP contribution in [0.2, 0.25) is 0 Å². The van der Waals surface area contributed by atoms with Gasteiger partial charge in [0.2, 0.25) is 0 Å². The number of hydrogen-bond acceptors (Lipinski definition) is 3. The number of aromatic nitrogens is 4. The average molecular weight is 317 g/mol. The van der Waals surface area contributed by atoms with Gasteiger partial charge >= 0.3 is 0 Å². The van der Waals surface area contributed by atoms with Crippen LogP contribution in [0, 0.1) is 0 Å². The van der Waals surface area contributed by atoms with Crippen LogP contribution in [-0.2, 0) is 27.2 Å². The van der Waals surface area contributed by atoms with Crippen LogP contribution in [0.5, 0.6) is 0 Å². The van der Waals surface area contributed by atoms with Crippen LogP contribution in [0.3, 0.4) is 0 Å². The van der Waals surface area contributed by atoms with Gasteiger partial charge in [-0.25, -0.2) is 0 Å². The zero-order valence-corrected chi connectivity index (χ0v) is 14.9. The van der Waals surface area contributed by atoms with Gasteiger partial charge < -0.3 is 10.2 Å². The Labute approximate surface area is 138 Å². The Hall–Kier alpha value is -2.31. The van der Waals surface area contributed by atoms with E-state index in [9.17, 15) is 0 Å². The molecule has 2 aromatic rings. The van der Waals surface area contributed by atoms with E-state index in [0.29, 0.717) is 12.5 Å². The monoisotopic (exact) mass is 317 g/mol. The average Bonchev–Trinajstić information content (AvgIpc) is 3.05. The smallest absolute Gasteiger partial charge is 0.193 e. The molecule has 2 aromatic heterocycles. The predicted molar refractivity (Wildman–Crippen MR) is 92.2 cm³/mol. The number of hydrogen-bond donors (Lipinski definition) is 1. The van der Waals surface area contributed by atoms with Crippen molar-refractivity contribution in [2.24, 2.45) is 19.1 Å². The minimum absolute atomic E-state index is 0.407. The van der Waals surface area contributed by atoms with Crippen molar-refractivity contribution in [3.63, 3.8) is 0 Å². The highest BCUT2D eigenvalue weighted by molar-refractivity contribution is 5.79. The molecule has 0 bridgehead atoms. The van der Waals surface area contributed by atoms with E-state index in [1.54, 1.807) is 11.7 Å². The van der Waals surface area contributed by atoms with Gasteiger partial charge in [0.15, 0.2) is 5.96 Å². The molecule has 23 heavy (non-hydrogen) atoms. The molecule has 0 atom stereocenters. The van der Waals surface area contributed by atoms with Gasteiger partial charge in [-0.15, -0.1) is 0 Å². The lowest BCUT2D eigenvalue weighted by molar-refractivity contribution is 0.473. The first-order chi connectivity index (χ1) is 10.9. The lowest BCUT2D eigenvalue weighted by Gasteiger charge is -2.22. The second-order valence-corrected chi connectivity index (χ2v) is 6.15. The Balaban J connectivity index is 2.01. The zero-order valence-electron chi connectivity index (χ0n) is 14.9. The van der Waals surface area contributed by atoms with Gasteiger partial charge in [0.25, 0.3) is 0 Å². The van der Waals surface area contributed by atoms with Crippen LogP contribution in [0.25, 0.3) is 0 Å². The van der Waals surface area contributed by atoms with Crippen molar-refractivity contribution in [1.82, 2.24) is 29.8 Å². The molecule has 0 unspecified atom stereocenters. The molecule has 0 saturated carbocycles. The number of aliphatic imine (C=N–C) groups is 1. The fraction of sp³-hybridized carbons (Fsp3) is 0.562. The van der Waals surface area contributed by atoms with Gasteiger partial charge in [-0.05, 0) is 5.92 Å². The Morgan fingerprint density at radius 1 is 1.30 bits per heavy atom. The summed E-state index contributed by atoms with van der Waals surface area (Å²) < 4.78 is 3.68. The van der Waals surface area contributed by atoms with Gasteiger partial charge in [-0.1, -0.05) is 13.8 Å². The van der Waals surface area contributed by atoms with Gasteiger partial charge in [0.05, 0.1) is 11.9 Å². The molecule has 0 aromatic carbocycles. The number of nitrogens with zero attached hydrogens (tertiary/aromatic N) is 6. The molecule has 1 N–H and O–H groups in total. The molecule has 0 radical (unpaired) electrons. The molecule has 0 fully saturated rings. The normalized spacial score (nSPS) is 12.0. The molecule has 7 heteroatoms. The first-order valence-corrected chi connectivity index (χ1v) is 7.82. The summed E-state index contributed by atoms with van der Waals surface area (Å²) >= 11 is 0. The van der Waals surface area contributed by atoms with E-state index in [-0.39, 0.29) is 0 Å². The summed E-state index contributed by atoms with van der Waals surface area (Å²) in [6.07, 6.45) is 5.94. The van der Waals surface area contributed by atoms with Crippen LogP contribution in [0.4, 0.5) is 0 Å². The highest BCUT2D eigenvalue weighted by Gasteiger charge is 2.15. The maximum absolute atomic E-state index is 4.56. The van der Waals surface area contributed by atoms with E-state index in [0.717, 1.165) is 23.8 Å². The quantitative estimate of drug-likeness (QED) is 0.670. The van der Waals surface area contributed by atoms with Crippen LogP contribution in [0.15, 0.2) is 23.6 Å². The number of aryl methyl sites for hydroxylation is 2. The Bertz CT molecular complexity index is 666. The molecule has 0 spiro atoms. The molecule has 0 aliphatic rings. The summed E-state index contributed by atoms with van der Waals surface area (Å²) in [7, 11) is 7.72. The highest BCUT2D eigenvalue weighted by Crippen LogP contribution is 2.18. The van der Waals surface area contributed by atoms with Crippen molar-refractivity contribution < 1.29 is 0 Å². The standard InChI is InChI=1S/C16H27N7/c1-12(2)15-14(11-23(6)20-15)10-21(4)16(17-3)18-7-13-8-19-22(5)9-13/h8-9,11-12H,7,10H2,1-6H3,(H,17,18). The summed E-state index contributed by atoms with van der Waals surface area (Å²) in [6.45, 7) is 5.81. The fourth-order valence-corrected chi connectivity index (χ4v) is 2.62. The molecule has 0 aliphatic carbocycles. The van der Waals surface area contributed by atoms with Crippen LogP contribution in [0.1, 0.15) is 36.6 Å². The van der Waals surface area contributed by atoms with Crippen molar-refractivity contribution in [2.75, 3.05) is 14.1 Å². The number of nitrogens with one attached hydrogen (secondary N) is 1. The Kier molecular flexibility index (Phi) is 5.41. The summed E-state index contributed by atoms with van der Waals surface area (Å²) in [5.74, 6) is 1.26. The van der Waals surface area contributed by atoms with E-state index in [2.05, 4.69) is 45.5 Å². The van der Waals surface area contributed by atoms with Gasteiger partial charge in [0, 0.05) is 64.8 Å². The molecule has 0 amide bonds. The number of rotatable bonds is 5. The van der Waals surface area contributed by atoms with Crippen molar-refractivity contribution >= 4 is 5.96 Å². The summed E-state index contributed by atoms with van der Waals surface area (Å²) in [5.41, 5.74) is 3.50. The summed E-state index contributed by atoms with van der Waals surface area (Å²) in [6, 6.07) is 0. The first-order valence-electron chi connectivity index (χ1n) is 7.82. The minimum Gasteiger partial charge on any atom is -0.352 e. The van der Waals surface area contributed by atoms with E-state index >= 15 is 0 Å². The molecule has 0 saturated heterocycles. The highest BCUT2D eigenvalue weighted by atomic mass is 15.3. The topological polar surface area (TPSA) is 63.3 Å². The Morgan fingerprint density at radius 2 is 2.04 bits per heavy atom. The summed E-state index contributed by atoms with van der Waals surface area (Å²) in [5, 5.41) is 12.1. The van der Waals surface area contributed by atoms with Crippen molar-refractivity contribution in [3.8, 4) is 0 Å². The van der Waals surface area contributed by atoms with Gasteiger partial charge in [0.1, 0.15) is 0 Å². The first kappa shape index (κ1) is 17.1. The molecular weight excluding hydrogens is 290 g/mol. The third-order valence-corrected chi connectivity index (χ3v) is 3.67. The van der Waals surface area contributed by atoms with Crippen LogP contribution in [-0.4, -0.2) is 44.5 Å². The molecule has 0 aliphatic heterocycles. The van der Waals surface area contributed by atoms with Crippen molar-refractivity contribution in [1.29, 1.82) is 0 Å². The summed E-state index contributed by atoms with van der Waals surface area (Å²) in [4.78, 5) is 6.47. The molecule has 126 valence electrons. The van der Waals surface area contributed by atoms with Crippen molar-refractivity contribution in [2.45, 2.75) is 32.9 Å². The van der Waals surface area contributed by atoms with Gasteiger partial charge in [-0.2, -0.15) is 10.2 Å². The Morgan fingerprint density at radius 3 is 2.61 bits per heavy atom.